The van der Waals surface area contributed by atoms with Crippen LogP contribution in [0, 0.1) is 0 Å². The van der Waals surface area contributed by atoms with Gasteiger partial charge >= 0.3 is 0 Å². The van der Waals surface area contributed by atoms with Gasteiger partial charge in [0, 0.05) is 25.8 Å². The number of ether oxygens (including phenoxy) is 2. The molecule has 0 aromatic rings. The first-order valence-electron chi connectivity index (χ1n) is 6.25. The van der Waals surface area contributed by atoms with Crippen LogP contribution in [-0.4, -0.2) is 38.0 Å². The molecular formula is C12H23NO2. The largest absolute Gasteiger partial charge is 0.377 e. The van der Waals surface area contributed by atoms with Crippen molar-refractivity contribution in [1.29, 1.82) is 0 Å². The molecule has 0 saturated heterocycles. The molecule has 3 unspecified atom stereocenters. The summed E-state index contributed by atoms with van der Waals surface area (Å²) in [5.74, 6) is 0. The summed E-state index contributed by atoms with van der Waals surface area (Å²) in [7, 11) is 1.79. The summed E-state index contributed by atoms with van der Waals surface area (Å²) >= 11 is 0. The van der Waals surface area contributed by atoms with Crippen molar-refractivity contribution in [1.82, 2.24) is 5.32 Å². The molecule has 88 valence electrons. The summed E-state index contributed by atoms with van der Waals surface area (Å²) in [6, 6.07) is 1.25. The predicted molar refractivity (Wildman–Crippen MR) is 60.0 cm³/mol. The molecule has 1 N–H and O–H groups in total. The van der Waals surface area contributed by atoms with E-state index in [1.54, 1.807) is 7.11 Å². The molecule has 2 fully saturated rings. The SMILES string of the molecule is CCOC1CC(NC2CCCC2)C1OC. The van der Waals surface area contributed by atoms with Gasteiger partial charge in [-0.3, -0.25) is 0 Å². The molecule has 3 nitrogen and oxygen atoms in total. The molecule has 0 bridgehead atoms. The minimum Gasteiger partial charge on any atom is -0.377 e. The smallest absolute Gasteiger partial charge is 0.0986 e. The van der Waals surface area contributed by atoms with Gasteiger partial charge in [-0.25, -0.2) is 0 Å². The molecule has 3 heteroatoms. The quantitative estimate of drug-likeness (QED) is 0.754. The summed E-state index contributed by atoms with van der Waals surface area (Å²) in [6.07, 6.45) is 7.15. The number of hydrogen-bond acceptors (Lipinski definition) is 3. The van der Waals surface area contributed by atoms with Crippen LogP contribution in [0.15, 0.2) is 0 Å². The highest BCUT2D eigenvalue weighted by Gasteiger charge is 2.42. The third-order valence-corrected chi connectivity index (χ3v) is 3.71. The lowest BCUT2D eigenvalue weighted by Gasteiger charge is -2.44. The van der Waals surface area contributed by atoms with Crippen molar-refractivity contribution < 1.29 is 9.47 Å². The number of nitrogens with one attached hydrogen (secondary N) is 1. The van der Waals surface area contributed by atoms with Crippen molar-refractivity contribution in [2.24, 2.45) is 0 Å². The van der Waals surface area contributed by atoms with Gasteiger partial charge in [-0.15, -0.1) is 0 Å². The van der Waals surface area contributed by atoms with Gasteiger partial charge in [0.05, 0.1) is 12.2 Å². The van der Waals surface area contributed by atoms with E-state index in [1.165, 1.54) is 25.7 Å². The lowest BCUT2D eigenvalue weighted by atomic mass is 9.84. The highest BCUT2D eigenvalue weighted by Crippen LogP contribution is 2.29. The molecule has 0 aromatic heterocycles. The lowest BCUT2D eigenvalue weighted by molar-refractivity contribution is -0.133. The van der Waals surface area contributed by atoms with Crippen LogP contribution < -0.4 is 5.32 Å². The zero-order valence-corrected chi connectivity index (χ0v) is 9.87. The topological polar surface area (TPSA) is 30.5 Å². The van der Waals surface area contributed by atoms with E-state index in [2.05, 4.69) is 5.32 Å². The van der Waals surface area contributed by atoms with Gasteiger partial charge in [0.1, 0.15) is 0 Å². The van der Waals surface area contributed by atoms with Crippen LogP contribution in [0.3, 0.4) is 0 Å². The van der Waals surface area contributed by atoms with Crippen molar-refractivity contribution in [3.63, 3.8) is 0 Å². The Morgan fingerprint density at radius 1 is 1.27 bits per heavy atom. The number of methoxy groups -OCH3 is 1. The van der Waals surface area contributed by atoms with Gasteiger partial charge in [-0.1, -0.05) is 12.8 Å². The average molecular weight is 213 g/mol. The van der Waals surface area contributed by atoms with E-state index < -0.39 is 0 Å². The van der Waals surface area contributed by atoms with Gasteiger partial charge in [0.25, 0.3) is 0 Å². The average Bonchev–Trinajstić information content (AvgIpc) is 2.69. The molecule has 2 saturated carbocycles. The fourth-order valence-electron chi connectivity index (χ4n) is 2.83. The molecule has 0 spiro atoms. The summed E-state index contributed by atoms with van der Waals surface area (Å²) < 4.78 is 11.1. The van der Waals surface area contributed by atoms with E-state index in [4.69, 9.17) is 9.47 Å². The Morgan fingerprint density at radius 2 is 2.00 bits per heavy atom. The maximum absolute atomic E-state index is 5.61. The maximum Gasteiger partial charge on any atom is 0.0986 e. The Bertz CT molecular complexity index is 192. The molecular weight excluding hydrogens is 190 g/mol. The summed E-state index contributed by atoms with van der Waals surface area (Å²) in [5, 5.41) is 3.70. The molecule has 0 aliphatic heterocycles. The van der Waals surface area contributed by atoms with Gasteiger partial charge in [-0.05, 0) is 26.2 Å². The first-order valence-corrected chi connectivity index (χ1v) is 6.25. The van der Waals surface area contributed by atoms with Gasteiger partial charge in [0.15, 0.2) is 0 Å². The van der Waals surface area contributed by atoms with Crippen molar-refractivity contribution in [2.45, 2.75) is 63.3 Å². The second kappa shape index (κ2) is 5.28. The van der Waals surface area contributed by atoms with Crippen LogP contribution in [-0.2, 0) is 9.47 Å². The summed E-state index contributed by atoms with van der Waals surface area (Å²) in [5.41, 5.74) is 0. The second-order valence-corrected chi connectivity index (χ2v) is 4.68. The van der Waals surface area contributed by atoms with Crippen LogP contribution in [0.4, 0.5) is 0 Å². The van der Waals surface area contributed by atoms with Crippen molar-refractivity contribution in [3.8, 4) is 0 Å². The molecule has 15 heavy (non-hydrogen) atoms. The predicted octanol–water partition coefficient (Wildman–Crippen LogP) is 1.71. The zero-order chi connectivity index (χ0) is 10.7. The Kier molecular flexibility index (Phi) is 4.00. The first kappa shape index (κ1) is 11.4. The monoisotopic (exact) mass is 213 g/mol. The molecule has 2 aliphatic carbocycles. The number of hydrogen-bond donors (Lipinski definition) is 1. The molecule has 0 heterocycles. The Balaban J connectivity index is 1.74. The van der Waals surface area contributed by atoms with Crippen LogP contribution in [0.25, 0.3) is 0 Å². The van der Waals surface area contributed by atoms with E-state index >= 15 is 0 Å². The van der Waals surface area contributed by atoms with E-state index in [-0.39, 0.29) is 6.10 Å². The minimum atomic E-state index is 0.269. The fourth-order valence-corrected chi connectivity index (χ4v) is 2.83. The Labute approximate surface area is 92.5 Å². The van der Waals surface area contributed by atoms with Crippen LogP contribution >= 0.6 is 0 Å². The molecule has 0 aromatic carbocycles. The fraction of sp³-hybridized carbons (Fsp3) is 1.00. The van der Waals surface area contributed by atoms with E-state index in [9.17, 15) is 0 Å². The van der Waals surface area contributed by atoms with Crippen molar-refractivity contribution in [3.05, 3.63) is 0 Å². The summed E-state index contributed by atoms with van der Waals surface area (Å²) in [6.45, 7) is 2.84. The minimum absolute atomic E-state index is 0.269. The van der Waals surface area contributed by atoms with Crippen LogP contribution in [0.5, 0.6) is 0 Å². The third-order valence-electron chi connectivity index (χ3n) is 3.71. The summed E-state index contributed by atoms with van der Waals surface area (Å²) in [4.78, 5) is 0. The van der Waals surface area contributed by atoms with Gasteiger partial charge in [0.2, 0.25) is 0 Å². The van der Waals surface area contributed by atoms with Crippen molar-refractivity contribution >= 4 is 0 Å². The van der Waals surface area contributed by atoms with E-state index in [0.717, 1.165) is 19.1 Å². The third kappa shape index (κ3) is 2.52. The Morgan fingerprint density at radius 3 is 2.60 bits per heavy atom. The standard InChI is InChI=1S/C12H23NO2/c1-3-15-11-8-10(12(11)14-2)13-9-6-4-5-7-9/h9-13H,3-8H2,1-2H3. The van der Waals surface area contributed by atoms with Crippen LogP contribution in [0.2, 0.25) is 0 Å². The Hall–Kier alpha value is -0.120. The van der Waals surface area contributed by atoms with Gasteiger partial charge < -0.3 is 14.8 Å². The second-order valence-electron chi connectivity index (χ2n) is 4.68. The van der Waals surface area contributed by atoms with E-state index in [1.807, 2.05) is 6.92 Å². The molecule has 2 aliphatic rings. The maximum atomic E-state index is 5.61. The highest BCUT2D eigenvalue weighted by molar-refractivity contribution is 4.98. The zero-order valence-electron chi connectivity index (χ0n) is 9.87. The first-order chi connectivity index (χ1) is 7.35. The molecule has 0 amide bonds. The lowest BCUT2D eigenvalue weighted by Crippen LogP contribution is -2.61. The van der Waals surface area contributed by atoms with E-state index in [0.29, 0.717) is 12.1 Å². The highest BCUT2D eigenvalue weighted by atomic mass is 16.5. The van der Waals surface area contributed by atoms with Gasteiger partial charge in [-0.2, -0.15) is 0 Å². The van der Waals surface area contributed by atoms with Crippen molar-refractivity contribution in [2.75, 3.05) is 13.7 Å². The normalized spacial score (nSPS) is 36.8. The molecule has 3 atom stereocenters. The number of rotatable bonds is 5. The van der Waals surface area contributed by atoms with Crippen LogP contribution in [0.1, 0.15) is 39.0 Å². The molecule has 0 radical (unpaired) electrons. The molecule has 2 rings (SSSR count).